The summed E-state index contributed by atoms with van der Waals surface area (Å²) in [5.41, 5.74) is 2.56. The molecule has 0 saturated carbocycles. The molecule has 0 bridgehead atoms. The number of nitrogens with one attached hydrogen (secondary N) is 1. The number of hydrogen-bond acceptors (Lipinski definition) is 8. The van der Waals surface area contributed by atoms with E-state index in [0.717, 1.165) is 11.1 Å². The van der Waals surface area contributed by atoms with Crippen LogP contribution in [0.15, 0.2) is 42.5 Å². The van der Waals surface area contributed by atoms with Crippen molar-refractivity contribution in [1.29, 1.82) is 5.26 Å². The fourth-order valence-corrected chi connectivity index (χ4v) is 3.79. The van der Waals surface area contributed by atoms with Gasteiger partial charge in [0.15, 0.2) is 23.2 Å². The number of anilines is 1. The first-order valence-electron chi connectivity index (χ1n) is 10.4. The highest BCUT2D eigenvalue weighted by molar-refractivity contribution is 5.88. The summed E-state index contributed by atoms with van der Waals surface area (Å²) in [6.07, 6.45) is 0. The molecule has 1 atom stereocenters. The molecule has 9 heteroatoms. The van der Waals surface area contributed by atoms with Gasteiger partial charge >= 0.3 is 0 Å². The van der Waals surface area contributed by atoms with Crippen molar-refractivity contribution in [3.8, 4) is 17.6 Å². The fourth-order valence-electron chi connectivity index (χ4n) is 3.79. The van der Waals surface area contributed by atoms with Crippen LogP contribution in [-0.2, 0) is 16.1 Å². The first-order valence-corrected chi connectivity index (χ1v) is 10.4. The summed E-state index contributed by atoms with van der Waals surface area (Å²) in [4.78, 5) is 24.5. The summed E-state index contributed by atoms with van der Waals surface area (Å²) in [5, 5.41) is 12.8. The van der Waals surface area contributed by atoms with Gasteiger partial charge in [-0.25, -0.2) is 9.97 Å². The lowest BCUT2D eigenvalue weighted by Crippen LogP contribution is -2.38. The number of nitrogens with zero attached hydrogens (tertiary/aromatic N) is 4. The van der Waals surface area contributed by atoms with Crippen LogP contribution in [0.2, 0.25) is 0 Å². The Morgan fingerprint density at radius 2 is 1.84 bits per heavy atom. The second-order valence-corrected chi connectivity index (χ2v) is 7.49. The minimum atomic E-state index is -1.10. The lowest BCUT2D eigenvalue weighted by molar-refractivity contribution is -0.121. The summed E-state index contributed by atoms with van der Waals surface area (Å²) in [6.45, 7) is 2.80. The van der Waals surface area contributed by atoms with Crippen LogP contribution in [0.4, 0.5) is 5.82 Å². The molecule has 0 unspecified atom stereocenters. The predicted molar refractivity (Wildman–Crippen MR) is 115 cm³/mol. The number of nitriles is 1. The van der Waals surface area contributed by atoms with Gasteiger partial charge in [0, 0.05) is 19.6 Å². The third kappa shape index (κ3) is 3.88. The second kappa shape index (κ2) is 8.69. The quantitative estimate of drug-likeness (QED) is 0.654. The van der Waals surface area contributed by atoms with Crippen molar-refractivity contribution in [2.45, 2.75) is 12.5 Å². The lowest BCUT2D eigenvalue weighted by Gasteiger charge is -2.29. The van der Waals surface area contributed by atoms with E-state index in [2.05, 4.69) is 16.4 Å². The highest BCUT2D eigenvalue weighted by atomic mass is 16.7. The zero-order chi connectivity index (χ0) is 21.9. The third-order valence-corrected chi connectivity index (χ3v) is 5.46. The van der Waals surface area contributed by atoms with Gasteiger partial charge in [-0.15, -0.1) is 0 Å². The number of amides is 1. The van der Waals surface area contributed by atoms with E-state index in [0.29, 0.717) is 54.8 Å². The van der Waals surface area contributed by atoms with Crippen molar-refractivity contribution in [3.63, 3.8) is 0 Å². The molecule has 0 aliphatic carbocycles. The van der Waals surface area contributed by atoms with Gasteiger partial charge in [0.2, 0.25) is 12.7 Å². The minimum Gasteiger partial charge on any atom is -0.454 e. The number of ether oxygens (including phenoxy) is 3. The molecule has 1 saturated heterocycles. The van der Waals surface area contributed by atoms with Gasteiger partial charge in [0.05, 0.1) is 30.3 Å². The number of rotatable bonds is 5. The summed E-state index contributed by atoms with van der Waals surface area (Å²) < 4.78 is 16.2. The van der Waals surface area contributed by atoms with Crippen LogP contribution in [0.1, 0.15) is 17.2 Å². The Kier molecular flexibility index (Phi) is 5.44. The average Bonchev–Trinajstić information content (AvgIpc) is 3.31. The minimum absolute atomic E-state index is 0.187. The maximum atomic E-state index is 13.1. The number of benzene rings is 2. The maximum Gasteiger partial charge on any atom is 0.243 e. The normalized spacial score (nSPS) is 15.9. The molecule has 3 heterocycles. The summed E-state index contributed by atoms with van der Waals surface area (Å²) in [5.74, 6) is 0.347. The van der Waals surface area contributed by atoms with E-state index in [4.69, 9.17) is 19.2 Å². The van der Waals surface area contributed by atoms with Crippen molar-refractivity contribution >= 4 is 22.8 Å². The molecule has 1 aromatic heterocycles. The molecule has 162 valence electrons. The van der Waals surface area contributed by atoms with Crippen LogP contribution >= 0.6 is 0 Å². The van der Waals surface area contributed by atoms with Crippen LogP contribution < -0.4 is 19.7 Å². The number of carbonyl (C=O) groups is 1. The van der Waals surface area contributed by atoms with Gasteiger partial charge in [-0.05, 0) is 29.8 Å². The highest BCUT2D eigenvalue weighted by Crippen LogP contribution is 2.32. The van der Waals surface area contributed by atoms with Crippen LogP contribution in [0, 0.1) is 11.3 Å². The average molecular weight is 431 g/mol. The van der Waals surface area contributed by atoms with Crippen LogP contribution in [0.25, 0.3) is 11.0 Å². The Morgan fingerprint density at radius 3 is 2.62 bits per heavy atom. The largest absolute Gasteiger partial charge is 0.454 e. The molecular weight excluding hydrogens is 410 g/mol. The van der Waals surface area contributed by atoms with E-state index in [1.54, 1.807) is 6.07 Å². The number of para-hydroxylation sites is 2. The third-order valence-electron chi connectivity index (χ3n) is 5.46. The standard InChI is InChI=1S/C23H21N5O4/c24-12-16(23(29)25-13-15-5-6-19-20(11-15)32-14-31-19)21-22(28-7-9-30-10-8-28)27-18-4-2-1-3-17(18)26-21/h1-6,11,16H,7-10,13-14H2,(H,25,29)/t16-/m1/s1. The fraction of sp³-hybridized carbons (Fsp3) is 0.304. The zero-order valence-electron chi connectivity index (χ0n) is 17.3. The van der Waals surface area contributed by atoms with E-state index in [1.807, 2.05) is 41.3 Å². The number of morpholine rings is 1. The van der Waals surface area contributed by atoms with E-state index >= 15 is 0 Å². The molecule has 5 rings (SSSR count). The van der Waals surface area contributed by atoms with E-state index < -0.39 is 11.8 Å². The smallest absolute Gasteiger partial charge is 0.243 e. The molecule has 0 radical (unpaired) electrons. The van der Waals surface area contributed by atoms with Gasteiger partial charge in [-0.2, -0.15) is 5.26 Å². The monoisotopic (exact) mass is 431 g/mol. The SMILES string of the molecule is N#C[C@@H](C(=O)NCc1ccc2c(c1)OCO2)c1nc2ccccc2nc1N1CCOCC1. The van der Waals surface area contributed by atoms with E-state index in [-0.39, 0.29) is 13.3 Å². The second-order valence-electron chi connectivity index (χ2n) is 7.49. The molecule has 3 aromatic rings. The highest BCUT2D eigenvalue weighted by Gasteiger charge is 2.29. The molecule has 1 fully saturated rings. The van der Waals surface area contributed by atoms with Crippen LogP contribution in [0.3, 0.4) is 0 Å². The van der Waals surface area contributed by atoms with Crippen LogP contribution in [0.5, 0.6) is 11.5 Å². The van der Waals surface area contributed by atoms with E-state index in [1.165, 1.54) is 0 Å². The molecule has 1 amide bonds. The zero-order valence-corrected chi connectivity index (χ0v) is 17.3. The Labute approximate surface area is 184 Å². The first kappa shape index (κ1) is 20.0. The Morgan fingerprint density at radius 1 is 1.09 bits per heavy atom. The number of hydrogen-bond donors (Lipinski definition) is 1. The lowest BCUT2D eigenvalue weighted by atomic mass is 10.0. The van der Waals surface area contributed by atoms with Crippen LogP contribution in [-0.4, -0.2) is 49.0 Å². The molecule has 9 nitrogen and oxygen atoms in total. The van der Waals surface area contributed by atoms with Gasteiger partial charge in [0.1, 0.15) is 5.69 Å². The van der Waals surface area contributed by atoms with Crippen molar-refractivity contribution < 1.29 is 19.0 Å². The molecule has 2 aliphatic rings. The van der Waals surface area contributed by atoms with Gasteiger partial charge < -0.3 is 24.4 Å². The van der Waals surface area contributed by atoms with Gasteiger partial charge in [-0.1, -0.05) is 18.2 Å². The molecular formula is C23H21N5O4. The van der Waals surface area contributed by atoms with Crippen molar-refractivity contribution in [1.82, 2.24) is 15.3 Å². The molecule has 1 N–H and O–H groups in total. The van der Waals surface area contributed by atoms with Gasteiger partial charge in [-0.3, -0.25) is 4.79 Å². The maximum absolute atomic E-state index is 13.1. The Balaban J connectivity index is 1.42. The summed E-state index contributed by atoms with van der Waals surface area (Å²) in [6, 6.07) is 15.0. The van der Waals surface area contributed by atoms with Crippen molar-refractivity contribution in [2.75, 3.05) is 38.0 Å². The Hall–Kier alpha value is -3.90. The topological polar surface area (TPSA) is 110 Å². The van der Waals surface area contributed by atoms with Crippen molar-refractivity contribution in [2.24, 2.45) is 0 Å². The molecule has 0 spiro atoms. The number of carbonyl (C=O) groups excluding carboxylic acids is 1. The summed E-state index contributed by atoms with van der Waals surface area (Å²) in [7, 11) is 0. The number of fused-ring (bicyclic) bond motifs is 2. The summed E-state index contributed by atoms with van der Waals surface area (Å²) >= 11 is 0. The molecule has 2 aliphatic heterocycles. The molecule has 32 heavy (non-hydrogen) atoms. The molecule has 2 aromatic carbocycles. The van der Waals surface area contributed by atoms with E-state index in [9.17, 15) is 10.1 Å². The first-order chi connectivity index (χ1) is 15.7. The number of aromatic nitrogens is 2. The Bertz CT molecular complexity index is 1200. The van der Waals surface area contributed by atoms with Gasteiger partial charge in [0.25, 0.3) is 0 Å². The predicted octanol–water partition coefficient (Wildman–Crippen LogP) is 2.12. The van der Waals surface area contributed by atoms with Crippen molar-refractivity contribution in [3.05, 3.63) is 53.7 Å².